The van der Waals surface area contributed by atoms with Crippen LogP contribution < -0.4 is 24.4 Å². The molecule has 0 fully saturated rings. The summed E-state index contributed by atoms with van der Waals surface area (Å²) >= 11 is 1.89. The van der Waals surface area contributed by atoms with E-state index in [1.54, 1.807) is 33.5 Å². The fourth-order valence-corrected chi connectivity index (χ4v) is 4.32. The molecule has 0 aromatic heterocycles. The lowest BCUT2D eigenvalue weighted by molar-refractivity contribution is -0.116. The van der Waals surface area contributed by atoms with Gasteiger partial charge in [-0.25, -0.2) is 0 Å². The maximum atomic E-state index is 12.4. The third-order valence-corrected chi connectivity index (χ3v) is 5.65. The van der Waals surface area contributed by atoms with Crippen LogP contribution in [0.5, 0.6) is 17.2 Å². The van der Waals surface area contributed by atoms with Crippen LogP contribution in [0.2, 0.25) is 0 Å². The molecule has 150 valence electrons. The van der Waals surface area contributed by atoms with Crippen molar-refractivity contribution in [3.05, 3.63) is 36.4 Å². The lowest BCUT2D eigenvalue weighted by Crippen LogP contribution is -2.30. The number of rotatable bonds is 8. The highest BCUT2D eigenvalue weighted by Gasteiger charge is 2.17. The SMILES string of the molecule is COc1cc(NC(=O)CCCN2CCSc3ccccc32)cc(OC)c1OC. The molecule has 6 nitrogen and oxygen atoms in total. The molecule has 0 atom stereocenters. The minimum Gasteiger partial charge on any atom is -0.493 e. The van der Waals surface area contributed by atoms with Gasteiger partial charge in [0.1, 0.15) is 0 Å². The molecule has 1 heterocycles. The number of ether oxygens (including phenoxy) is 3. The van der Waals surface area contributed by atoms with Crippen molar-refractivity contribution in [3.8, 4) is 17.2 Å². The first-order valence-electron chi connectivity index (χ1n) is 9.23. The lowest BCUT2D eigenvalue weighted by Gasteiger charge is -2.30. The third kappa shape index (κ3) is 4.65. The van der Waals surface area contributed by atoms with E-state index in [0.717, 1.165) is 25.3 Å². The molecule has 0 unspecified atom stereocenters. The number of carbonyl (C=O) groups excluding carboxylic acids is 1. The Balaban J connectivity index is 1.57. The van der Waals surface area contributed by atoms with Gasteiger partial charge < -0.3 is 24.4 Å². The molecular weight excluding hydrogens is 376 g/mol. The number of carbonyl (C=O) groups is 1. The van der Waals surface area contributed by atoms with Crippen molar-refractivity contribution < 1.29 is 19.0 Å². The highest BCUT2D eigenvalue weighted by molar-refractivity contribution is 7.99. The predicted octanol–water partition coefficient (Wildman–Crippen LogP) is 4.04. The number of nitrogens with one attached hydrogen (secondary N) is 1. The van der Waals surface area contributed by atoms with Crippen molar-refractivity contribution in [1.82, 2.24) is 0 Å². The molecule has 3 rings (SSSR count). The predicted molar refractivity (Wildman–Crippen MR) is 113 cm³/mol. The zero-order valence-corrected chi connectivity index (χ0v) is 17.3. The van der Waals surface area contributed by atoms with Gasteiger partial charge in [-0.2, -0.15) is 0 Å². The molecule has 7 heteroatoms. The molecule has 0 saturated heterocycles. The summed E-state index contributed by atoms with van der Waals surface area (Å²) in [5.74, 6) is 2.58. The van der Waals surface area contributed by atoms with E-state index in [2.05, 4.69) is 34.5 Å². The zero-order valence-electron chi connectivity index (χ0n) is 16.5. The second kappa shape index (κ2) is 9.59. The Hall–Kier alpha value is -2.54. The van der Waals surface area contributed by atoms with E-state index in [1.165, 1.54) is 10.6 Å². The van der Waals surface area contributed by atoms with E-state index in [0.29, 0.717) is 29.4 Å². The Kier molecular flexibility index (Phi) is 6.92. The number of hydrogen-bond acceptors (Lipinski definition) is 6. The quantitative estimate of drug-likeness (QED) is 0.719. The van der Waals surface area contributed by atoms with Gasteiger partial charge in [0.15, 0.2) is 11.5 Å². The second-order valence-electron chi connectivity index (χ2n) is 6.37. The van der Waals surface area contributed by atoms with Crippen molar-refractivity contribution in [2.75, 3.05) is 50.4 Å². The number of benzene rings is 2. The highest BCUT2D eigenvalue weighted by atomic mass is 32.2. The number of anilines is 2. The summed E-state index contributed by atoms with van der Waals surface area (Å²) in [6.45, 7) is 1.87. The molecule has 1 aliphatic heterocycles. The van der Waals surface area contributed by atoms with Gasteiger partial charge in [-0.15, -0.1) is 11.8 Å². The molecule has 28 heavy (non-hydrogen) atoms. The molecule has 0 aliphatic carbocycles. The van der Waals surface area contributed by atoms with Crippen LogP contribution in [0.3, 0.4) is 0 Å². The first-order valence-corrected chi connectivity index (χ1v) is 10.2. The van der Waals surface area contributed by atoms with E-state index in [-0.39, 0.29) is 5.91 Å². The summed E-state index contributed by atoms with van der Waals surface area (Å²) < 4.78 is 16.0. The van der Waals surface area contributed by atoms with Gasteiger partial charge in [-0.05, 0) is 18.6 Å². The van der Waals surface area contributed by atoms with Crippen LogP contribution in [0.15, 0.2) is 41.3 Å². The van der Waals surface area contributed by atoms with Crippen molar-refractivity contribution in [1.29, 1.82) is 0 Å². The van der Waals surface area contributed by atoms with E-state index in [1.807, 2.05) is 11.8 Å². The Morgan fingerprint density at radius 3 is 2.50 bits per heavy atom. The van der Waals surface area contributed by atoms with Gasteiger partial charge in [-0.3, -0.25) is 4.79 Å². The Bertz CT molecular complexity index is 803. The Morgan fingerprint density at radius 1 is 1.11 bits per heavy atom. The fraction of sp³-hybridized carbons (Fsp3) is 0.381. The van der Waals surface area contributed by atoms with Crippen LogP contribution in [0.25, 0.3) is 0 Å². The lowest BCUT2D eigenvalue weighted by atomic mass is 10.2. The molecule has 2 aromatic rings. The summed E-state index contributed by atoms with van der Waals surface area (Å²) in [6, 6.07) is 11.9. The summed E-state index contributed by atoms with van der Waals surface area (Å²) in [5, 5.41) is 2.92. The number of methoxy groups -OCH3 is 3. The number of hydrogen-bond donors (Lipinski definition) is 1. The van der Waals surface area contributed by atoms with Crippen LogP contribution in [-0.2, 0) is 4.79 Å². The van der Waals surface area contributed by atoms with Gasteiger partial charge in [0, 0.05) is 48.0 Å². The molecule has 1 N–H and O–H groups in total. The molecule has 0 saturated carbocycles. The van der Waals surface area contributed by atoms with E-state index >= 15 is 0 Å². The zero-order chi connectivity index (χ0) is 19.9. The molecule has 0 bridgehead atoms. The van der Waals surface area contributed by atoms with Crippen LogP contribution in [0.1, 0.15) is 12.8 Å². The minimum atomic E-state index is -0.0334. The second-order valence-corrected chi connectivity index (χ2v) is 7.51. The minimum absolute atomic E-state index is 0.0334. The molecule has 0 spiro atoms. The third-order valence-electron chi connectivity index (χ3n) is 4.61. The summed E-state index contributed by atoms with van der Waals surface area (Å²) in [6.07, 6.45) is 1.23. The Morgan fingerprint density at radius 2 is 1.82 bits per heavy atom. The topological polar surface area (TPSA) is 60.0 Å². The van der Waals surface area contributed by atoms with Crippen molar-refractivity contribution in [2.24, 2.45) is 0 Å². The summed E-state index contributed by atoms with van der Waals surface area (Å²) in [7, 11) is 4.66. The van der Waals surface area contributed by atoms with Crippen molar-refractivity contribution >= 4 is 29.0 Å². The molecule has 1 amide bonds. The number of nitrogens with zero attached hydrogens (tertiary/aromatic N) is 1. The smallest absolute Gasteiger partial charge is 0.224 e. The Labute approximate surface area is 170 Å². The first-order chi connectivity index (χ1) is 13.7. The van der Waals surface area contributed by atoms with Crippen molar-refractivity contribution in [3.63, 3.8) is 0 Å². The first kappa shape index (κ1) is 20.2. The van der Waals surface area contributed by atoms with Gasteiger partial charge in [0.25, 0.3) is 0 Å². The molecule has 1 aliphatic rings. The number of thioether (sulfide) groups is 1. The maximum Gasteiger partial charge on any atom is 0.224 e. The van der Waals surface area contributed by atoms with E-state index in [4.69, 9.17) is 14.2 Å². The highest BCUT2D eigenvalue weighted by Crippen LogP contribution is 2.40. The van der Waals surface area contributed by atoms with Gasteiger partial charge in [-0.1, -0.05) is 12.1 Å². The number of amides is 1. The van der Waals surface area contributed by atoms with Crippen LogP contribution in [0, 0.1) is 0 Å². The maximum absolute atomic E-state index is 12.4. The fourth-order valence-electron chi connectivity index (χ4n) is 3.27. The van der Waals surface area contributed by atoms with E-state index in [9.17, 15) is 4.79 Å². The van der Waals surface area contributed by atoms with Gasteiger partial charge in [0.2, 0.25) is 11.7 Å². The normalized spacial score (nSPS) is 12.9. The summed E-state index contributed by atoms with van der Waals surface area (Å²) in [4.78, 5) is 16.1. The van der Waals surface area contributed by atoms with E-state index < -0.39 is 0 Å². The average molecular weight is 403 g/mol. The number of para-hydroxylation sites is 1. The van der Waals surface area contributed by atoms with Crippen LogP contribution >= 0.6 is 11.8 Å². The largest absolute Gasteiger partial charge is 0.493 e. The molecule has 2 aromatic carbocycles. The summed E-state index contributed by atoms with van der Waals surface area (Å²) in [5.41, 5.74) is 1.89. The number of fused-ring (bicyclic) bond motifs is 1. The molecule has 0 radical (unpaired) electrons. The average Bonchev–Trinajstić information content (AvgIpc) is 2.73. The van der Waals surface area contributed by atoms with Gasteiger partial charge in [0.05, 0.1) is 27.0 Å². The van der Waals surface area contributed by atoms with Crippen molar-refractivity contribution in [2.45, 2.75) is 17.7 Å². The standard InChI is InChI=1S/C21H26N2O4S/c1-25-17-13-15(14-18(26-2)21(17)27-3)22-20(24)9-6-10-23-11-12-28-19-8-5-4-7-16(19)23/h4-5,7-8,13-14H,6,9-12H2,1-3H3,(H,22,24). The van der Waals surface area contributed by atoms with Crippen LogP contribution in [0.4, 0.5) is 11.4 Å². The van der Waals surface area contributed by atoms with Crippen LogP contribution in [-0.4, -0.2) is 46.1 Å². The monoisotopic (exact) mass is 402 g/mol. The van der Waals surface area contributed by atoms with Gasteiger partial charge >= 0.3 is 0 Å². The molecular formula is C21H26N2O4S.